The first kappa shape index (κ1) is 21.3. The molecular weight excluding hydrogens is 424 g/mol. The molecule has 0 heterocycles. The van der Waals surface area contributed by atoms with E-state index in [0.717, 1.165) is 16.3 Å². The number of halogens is 1. The zero-order valence-corrected chi connectivity index (χ0v) is 17.8. The average molecular weight is 443 g/mol. The molecule has 1 amide bonds. The lowest BCUT2D eigenvalue weighted by Gasteiger charge is -2.06. The van der Waals surface area contributed by atoms with E-state index in [9.17, 15) is 9.59 Å². The molecule has 4 aromatic carbocycles. The summed E-state index contributed by atoms with van der Waals surface area (Å²) in [4.78, 5) is 24.6. The Kier molecular flexibility index (Phi) is 6.58. The molecule has 0 bridgehead atoms. The van der Waals surface area contributed by atoms with E-state index in [-0.39, 0.29) is 12.3 Å². The Labute approximate surface area is 190 Å². The second-order valence-electron chi connectivity index (χ2n) is 7.08. The summed E-state index contributed by atoms with van der Waals surface area (Å²) in [6.45, 7) is 0. The van der Waals surface area contributed by atoms with Crippen molar-refractivity contribution in [3.05, 3.63) is 113 Å². The maximum Gasteiger partial charge on any atom is 0.343 e. The average Bonchev–Trinajstić information content (AvgIpc) is 2.80. The smallest absolute Gasteiger partial charge is 0.343 e. The van der Waals surface area contributed by atoms with Crippen LogP contribution in [0.15, 0.2) is 96.1 Å². The number of carbonyl (C=O) groups is 2. The molecule has 0 saturated heterocycles. The summed E-state index contributed by atoms with van der Waals surface area (Å²) in [5, 5.41) is 6.70. The van der Waals surface area contributed by atoms with Gasteiger partial charge in [0.15, 0.2) is 0 Å². The standard InChI is InChI=1S/C26H19ClN2O3/c27-22-13-11-20(12-14-22)26(31)32-23-9-3-5-18(15-23)17-28-29-25(30)16-21-8-4-7-19-6-1-2-10-24(19)21/h1-15,17H,16H2,(H,29,30)/b28-17+. The number of fused-ring (bicyclic) bond motifs is 1. The van der Waals surface area contributed by atoms with E-state index >= 15 is 0 Å². The molecule has 0 spiro atoms. The Hall–Kier alpha value is -3.96. The zero-order valence-electron chi connectivity index (χ0n) is 17.0. The SMILES string of the molecule is O=C(Cc1cccc2ccccc12)N/N=C/c1cccc(OC(=O)c2ccc(Cl)cc2)c1. The third-order valence-electron chi connectivity index (χ3n) is 4.78. The topological polar surface area (TPSA) is 67.8 Å². The predicted octanol–water partition coefficient (Wildman–Crippen LogP) is 5.41. The summed E-state index contributed by atoms with van der Waals surface area (Å²) in [6.07, 6.45) is 1.72. The second-order valence-corrected chi connectivity index (χ2v) is 7.51. The number of carbonyl (C=O) groups excluding carboxylic acids is 2. The highest BCUT2D eigenvalue weighted by Gasteiger charge is 2.09. The van der Waals surface area contributed by atoms with Gasteiger partial charge < -0.3 is 4.74 Å². The van der Waals surface area contributed by atoms with Gasteiger partial charge in [-0.25, -0.2) is 10.2 Å². The van der Waals surface area contributed by atoms with Crippen LogP contribution in [0.4, 0.5) is 0 Å². The highest BCUT2D eigenvalue weighted by molar-refractivity contribution is 6.30. The number of hydrogen-bond donors (Lipinski definition) is 1. The molecule has 1 N–H and O–H groups in total. The number of nitrogens with zero attached hydrogens (tertiary/aromatic N) is 1. The molecule has 4 aromatic rings. The molecule has 0 fully saturated rings. The van der Waals surface area contributed by atoms with Gasteiger partial charge >= 0.3 is 5.97 Å². The first-order valence-electron chi connectivity index (χ1n) is 9.95. The van der Waals surface area contributed by atoms with E-state index in [4.69, 9.17) is 16.3 Å². The fraction of sp³-hybridized carbons (Fsp3) is 0.0385. The molecule has 0 aromatic heterocycles. The summed E-state index contributed by atoms with van der Waals surface area (Å²) in [5.74, 6) is -0.335. The number of hydrogen-bond acceptors (Lipinski definition) is 4. The minimum atomic E-state index is -0.487. The number of benzene rings is 4. The molecule has 6 heteroatoms. The van der Waals surface area contributed by atoms with Gasteiger partial charge in [0.25, 0.3) is 0 Å². The van der Waals surface area contributed by atoms with Crippen molar-refractivity contribution in [2.75, 3.05) is 0 Å². The summed E-state index contributed by atoms with van der Waals surface area (Å²) < 4.78 is 5.40. The van der Waals surface area contributed by atoms with E-state index in [1.165, 1.54) is 6.21 Å². The van der Waals surface area contributed by atoms with Crippen molar-refractivity contribution in [1.29, 1.82) is 0 Å². The number of nitrogens with one attached hydrogen (secondary N) is 1. The molecule has 0 aliphatic heterocycles. The molecule has 5 nitrogen and oxygen atoms in total. The Morgan fingerprint density at radius 2 is 1.66 bits per heavy atom. The third-order valence-corrected chi connectivity index (χ3v) is 5.03. The van der Waals surface area contributed by atoms with Gasteiger partial charge in [-0.2, -0.15) is 5.10 Å². The predicted molar refractivity (Wildman–Crippen MR) is 126 cm³/mol. The van der Waals surface area contributed by atoms with E-state index < -0.39 is 5.97 Å². The van der Waals surface area contributed by atoms with Gasteiger partial charge in [0.1, 0.15) is 5.75 Å². The van der Waals surface area contributed by atoms with Crippen LogP contribution in [0.2, 0.25) is 5.02 Å². The Balaban J connectivity index is 1.36. The Morgan fingerprint density at radius 3 is 2.50 bits per heavy atom. The first-order chi connectivity index (χ1) is 15.6. The number of ether oxygens (including phenoxy) is 1. The van der Waals surface area contributed by atoms with E-state index in [2.05, 4.69) is 10.5 Å². The maximum absolute atomic E-state index is 12.3. The summed E-state index contributed by atoms with van der Waals surface area (Å²) in [7, 11) is 0. The van der Waals surface area contributed by atoms with Gasteiger partial charge in [0.2, 0.25) is 5.91 Å². The van der Waals surface area contributed by atoms with Crippen molar-refractivity contribution in [2.45, 2.75) is 6.42 Å². The molecule has 0 saturated carbocycles. The summed E-state index contributed by atoms with van der Waals surface area (Å²) in [6, 6.07) is 27.1. The fourth-order valence-corrected chi connectivity index (χ4v) is 3.37. The monoisotopic (exact) mass is 442 g/mol. The first-order valence-corrected chi connectivity index (χ1v) is 10.3. The Bertz CT molecular complexity index is 1290. The van der Waals surface area contributed by atoms with Crippen molar-refractivity contribution in [2.24, 2.45) is 5.10 Å². The van der Waals surface area contributed by atoms with Crippen molar-refractivity contribution in [3.8, 4) is 5.75 Å². The van der Waals surface area contributed by atoms with Crippen LogP contribution >= 0.6 is 11.6 Å². The van der Waals surface area contributed by atoms with Crippen LogP contribution in [0.5, 0.6) is 5.75 Å². The lowest BCUT2D eigenvalue weighted by Crippen LogP contribution is -2.19. The van der Waals surface area contributed by atoms with Gasteiger partial charge in [-0.1, -0.05) is 66.2 Å². The molecule has 0 aliphatic carbocycles. The second kappa shape index (κ2) is 9.90. The summed E-state index contributed by atoms with van der Waals surface area (Å²) in [5.41, 5.74) is 4.56. The molecule has 0 atom stereocenters. The lowest BCUT2D eigenvalue weighted by molar-refractivity contribution is -0.120. The van der Waals surface area contributed by atoms with E-state index in [0.29, 0.717) is 21.9 Å². The molecule has 0 radical (unpaired) electrons. The highest BCUT2D eigenvalue weighted by atomic mass is 35.5. The minimum absolute atomic E-state index is 0.220. The minimum Gasteiger partial charge on any atom is -0.423 e. The van der Waals surface area contributed by atoms with Gasteiger partial charge in [0.05, 0.1) is 18.2 Å². The van der Waals surface area contributed by atoms with Crippen molar-refractivity contribution in [1.82, 2.24) is 5.43 Å². The molecule has 0 aliphatic rings. The number of hydrazone groups is 1. The van der Waals surface area contributed by atoms with Crippen molar-refractivity contribution in [3.63, 3.8) is 0 Å². The molecule has 4 rings (SSSR count). The van der Waals surface area contributed by atoms with Crippen LogP contribution < -0.4 is 10.2 Å². The van der Waals surface area contributed by atoms with Crippen molar-refractivity contribution >= 4 is 40.5 Å². The van der Waals surface area contributed by atoms with Gasteiger partial charge in [-0.15, -0.1) is 0 Å². The van der Waals surface area contributed by atoms with Gasteiger partial charge in [-0.05, 0) is 58.3 Å². The van der Waals surface area contributed by atoms with Crippen LogP contribution in [-0.2, 0) is 11.2 Å². The normalized spacial score (nSPS) is 10.9. The molecule has 158 valence electrons. The van der Waals surface area contributed by atoms with Crippen LogP contribution in [-0.4, -0.2) is 18.1 Å². The third kappa shape index (κ3) is 5.39. The van der Waals surface area contributed by atoms with Crippen LogP contribution in [0, 0.1) is 0 Å². The van der Waals surface area contributed by atoms with Crippen LogP contribution in [0.25, 0.3) is 10.8 Å². The van der Waals surface area contributed by atoms with Crippen LogP contribution in [0.1, 0.15) is 21.5 Å². The lowest BCUT2D eigenvalue weighted by atomic mass is 10.0. The van der Waals surface area contributed by atoms with Gasteiger partial charge in [0, 0.05) is 5.02 Å². The number of rotatable bonds is 6. The highest BCUT2D eigenvalue weighted by Crippen LogP contribution is 2.19. The number of esters is 1. The molecular formula is C26H19ClN2O3. The fourth-order valence-electron chi connectivity index (χ4n) is 3.25. The van der Waals surface area contributed by atoms with E-state index in [1.54, 1.807) is 48.5 Å². The maximum atomic E-state index is 12.3. The van der Waals surface area contributed by atoms with E-state index in [1.807, 2.05) is 42.5 Å². The van der Waals surface area contributed by atoms with Gasteiger partial charge in [-0.3, -0.25) is 4.79 Å². The summed E-state index contributed by atoms with van der Waals surface area (Å²) >= 11 is 5.84. The van der Waals surface area contributed by atoms with Crippen molar-refractivity contribution < 1.29 is 14.3 Å². The largest absolute Gasteiger partial charge is 0.423 e. The molecule has 0 unspecified atom stereocenters. The zero-order chi connectivity index (χ0) is 22.3. The number of amides is 1. The quantitative estimate of drug-likeness (QED) is 0.188. The van der Waals surface area contributed by atoms with Crippen LogP contribution in [0.3, 0.4) is 0 Å². The Morgan fingerprint density at radius 1 is 0.906 bits per heavy atom. The molecule has 32 heavy (non-hydrogen) atoms.